The van der Waals surface area contributed by atoms with E-state index in [4.69, 9.17) is 5.73 Å². The van der Waals surface area contributed by atoms with Gasteiger partial charge in [0.05, 0.1) is 6.54 Å². The van der Waals surface area contributed by atoms with Crippen LogP contribution in [0.1, 0.15) is 15.9 Å². The molecule has 0 bridgehead atoms. The number of nitrogens with two attached hydrogens (primary N) is 1. The summed E-state index contributed by atoms with van der Waals surface area (Å²) in [6, 6.07) is 9.72. The van der Waals surface area contributed by atoms with Crippen LogP contribution in [0.4, 0.5) is 14.5 Å². The Morgan fingerprint density at radius 3 is 2.62 bits per heavy atom. The predicted molar refractivity (Wildman–Crippen MR) is 86.3 cm³/mol. The van der Waals surface area contributed by atoms with Crippen LogP contribution in [0, 0.1) is 11.6 Å². The predicted octanol–water partition coefficient (Wildman–Crippen LogP) is 2.13. The van der Waals surface area contributed by atoms with Gasteiger partial charge in [0.15, 0.2) is 0 Å². The molecule has 7 heteroatoms. The maximum Gasteiger partial charge on any atom is 0.254 e. The fraction of sp³-hybridized carbons (Fsp3) is 0.176. The normalized spacial score (nSPS) is 10.3. The molecule has 2 rings (SSSR count). The van der Waals surface area contributed by atoms with E-state index in [0.29, 0.717) is 11.3 Å². The van der Waals surface area contributed by atoms with Crippen LogP contribution in [0.5, 0.6) is 0 Å². The summed E-state index contributed by atoms with van der Waals surface area (Å²) in [7, 11) is 1.47. The second kappa shape index (κ2) is 7.54. The molecule has 0 saturated heterocycles. The van der Waals surface area contributed by atoms with Crippen LogP contribution >= 0.6 is 0 Å². The number of carbonyl (C=O) groups excluding carboxylic acids is 2. The number of nitrogens with one attached hydrogen (secondary N) is 1. The molecule has 0 aliphatic rings. The van der Waals surface area contributed by atoms with Crippen LogP contribution in [0.15, 0.2) is 42.5 Å². The standard InChI is InChI=1S/C17H17F2N3O2/c1-22(10-16(20)23)17(24)11-3-2-4-14(8-11)21-9-12-7-13(18)5-6-15(12)19/h2-8,21H,9-10H2,1H3,(H2,20,23). The third-order valence-corrected chi connectivity index (χ3v) is 3.34. The first-order valence-corrected chi connectivity index (χ1v) is 7.18. The molecular weight excluding hydrogens is 316 g/mol. The van der Waals surface area contributed by atoms with Gasteiger partial charge in [-0.05, 0) is 36.4 Å². The van der Waals surface area contributed by atoms with Gasteiger partial charge in [-0.3, -0.25) is 9.59 Å². The molecule has 0 radical (unpaired) electrons. The number of likely N-dealkylation sites (N-methyl/N-ethyl adjacent to an activating group) is 1. The number of carbonyl (C=O) groups is 2. The lowest BCUT2D eigenvalue weighted by molar-refractivity contribution is -0.118. The molecule has 0 aliphatic carbocycles. The van der Waals surface area contributed by atoms with E-state index >= 15 is 0 Å². The number of anilines is 1. The van der Waals surface area contributed by atoms with E-state index in [1.165, 1.54) is 11.9 Å². The van der Waals surface area contributed by atoms with Crippen LogP contribution in [-0.4, -0.2) is 30.3 Å². The monoisotopic (exact) mass is 333 g/mol. The quantitative estimate of drug-likeness (QED) is 0.850. The maximum absolute atomic E-state index is 13.6. The molecule has 3 N–H and O–H groups in total. The average molecular weight is 333 g/mol. The van der Waals surface area contributed by atoms with Crippen LogP contribution in [0.2, 0.25) is 0 Å². The highest BCUT2D eigenvalue weighted by Crippen LogP contribution is 2.15. The van der Waals surface area contributed by atoms with Gasteiger partial charge in [-0.25, -0.2) is 8.78 Å². The Morgan fingerprint density at radius 2 is 1.92 bits per heavy atom. The number of nitrogens with zero attached hydrogens (tertiary/aromatic N) is 1. The first-order valence-electron chi connectivity index (χ1n) is 7.18. The van der Waals surface area contributed by atoms with Gasteiger partial charge in [0.1, 0.15) is 11.6 Å². The Labute approximate surface area is 138 Å². The van der Waals surface area contributed by atoms with Crippen molar-refractivity contribution in [2.75, 3.05) is 18.9 Å². The van der Waals surface area contributed by atoms with E-state index in [1.54, 1.807) is 24.3 Å². The minimum Gasteiger partial charge on any atom is -0.381 e. The van der Waals surface area contributed by atoms with Crippen LogP contribution in [0.25, 0.3) is 0 Å². The van der Waals surface area contributed by atoms with Crippen LogP contribution < -0.4 is 11.1 Å². The highest BCUT2D eigenvalue weighted by Gasteiger charge is 2.14. The molecule has 0 aromatic heterocycles. The number of amides is 2. The minimum atomic E-state index is -0.610. The van der Waals surface area contributed by atoms with Gasteiger partial charge in [-0.2, -0.15) is 0 Å². The molecular formula is C17H17F2N3O2. The Hall–Kier alpha value is -2.96. The third-order valence-electron chi connectivity index (χ3n) is 3.34. The summed E-state index contributed by atoms with van der Waals surface area (Å²) in [5.41, 5.74) is 6.16. The van der Waals surface area contributed by atoms with Crippen molar-refractivity contribution in [3.05, 3.63) is 65.2 Å². The van der Waals surface area contributed by atoms with Gasteiger partial charge >= 0.3 is 0 Å². The van der Waals surface area contributed by atoms with Crippen molar-refractivity contribution >= 4 is 17.5 Å². The van der Waals surface area contributed by atoms with E-state index in [9.17, 15) is 18.4 Å². The van der Waals surface area contributed by atoms with E-state index in [0.717, 1.165) is 18.2 Å². The highest BCUT2D eigenvalue weighted by molar-refractivity contribution is 5.96. The lowest BCUT2D eigenvalue weighted by Crippen LogP contribution is -2.35. The third kappa shape index (κ3) is 4.52. The summed E-state index contributed by atoms with van der Waals surface area (Å²) < 4.78 is 26.7. The molecule has 24 heavy (non-hydrogen) atoms. The lowest BCUT2D eigenvalue weighted by Gasteiger charge is -2.16. The Balaban J connectivity index is 2.09. The van der Waals surface area contributed by atoms with Crippen molar-refractivity contribution in [1.29, 1.82) is 0 Å². The molecule has 0 atom stereocenters. The van der Waals surface area contributed by atoms with Gasteiger partial charge in [0.2, 0.25) is 5.91 Å². The largest absolute Gasteiger partial charge is 0.381 e. The Bertz CT molecular complexity index is 765. The smallest absolute Gasteiger partial charge is 0.254 e. The summed E-state index contributed by atoms with van der Waals surface area (Å²) in [6.07, 6.45) is 0. The van der Waals surface area contributed by atoms with Gasteiger partial charge in [0, 0.05) is 30.4 Å². The zero-order valence-electron chi connectivity index (χ0n) is 13.1. The van der Waals surface area contributed by atoms with Crippen molar-refractivity contribution in [2.45, 2.75) is 6.54 Å². The minimum absolute atomic E-state index is 0.0678. The summed E-state index contributed by atoms with van der Waals surface area (Å²) in [6.45, 7) is -0.122. The Kier molecular flexibility index (Phi) is 5.47. The lowest BCUT2D eigenvalue weighted by atomic mass is 10.1. The SMILES string of the molecule is CN(CC(N)=O)C(=O)c1cccc(NCc2cc(F)ccc2F)c1. The first kappa shape index (κ1) is 17.4. The topological polar surface area (TPSA) is 75.4 Å². The second-order valence-electron chi connectivity index (χ2n) is 5.30. The van der Waals surface area contributed by atoms with E-state index in [-0.39, 0.29) is 24.6 Å². The van der Waals surface area contributed by atoms with E-state index in [2.05, 4.69) is 5.32 Å². The van der Waals surface area contributed by atoms with E-state index < -0.39 is 17.5 Å². The molecule has 126 valence electrons. The summed E-state index contributed by atoms with van der Waals surface area (Å²) >= 11 is 0. The van der Waals surface area contributed by atoms with Crippen molar-refractivity contribution in [2.24, 2.45) is 5.73 Å². The molecule has 2 amide bonds. The highest BCUT2D eigenvalue weighted by atomic mass is 19.1. The number of primary amides is 1. The molecule has 2 aromatic rings. The maximum atomic E-state index is 13.6. The average Bonchev–Trinajstić information content (AvgIpc) is 2.54. The molecule has 0 saturated carbocycles. The van der Waals surface area contributed by atoms with Gasteiger partial charge < -0.3 is 16.0 Å². The number of hydrogen-bond acceptors (Lipinski definition) is 3. The van der Waals surface area contributed by atoms with Crippen molar-refractivity contribution in [3.8, 4) is 0 Å². The van der Waals surface area contributed by atoms with Crippen LogP contribution in [0.3, 0.4) is 0 Å². The molecule has 5 nitrogen and oxygen atoms in total. The number of rotatable bonds is 6. The van der Waals surface area contributed by atoms with E-state index in [1.807, 2.05) is 0 Å². The first-order chi connectivity index (χ1) is 11.4. The molecule has 0 spiro atoms. The second-order valence-corrected chi connectivity index (χ2v) is 5.30. The zero-order valence-corrected chi connectivity index (χ0v) is 13.1. The summed E-state index contributed by atoms with van der Waals surface area (Å²) in [4.78, 5) is 24.3. The Morgan fingerprint density at radius 1 is 1.17 bits per heavy atom. The van der Waals surface area contributed by atoms with Crippen LogP contribution in [-0.2, 0) is 11.3 Å². The molecule has 0 aliphatic heterocycles. The van der Waals surface area contributed by atoms with Gasteiger partial charge in [-0.15, -0.1) is 0 Å². The molecule has 2 aromatic carbocycles. The molecule has 0 unspecified atom stereocenters. The molecule has 0 heterocycles. The zero-order chi connectivity index (χ0) is 17.7. The van der Waals surface area contributed by atoms with Crippen molar-refractivity contribution in [3.63, 3.8) is 0 Å². The van der Waals surface area contributed by atoms with Crippen molar-refractivity contribution < 1.29 is 18.4 Å². The number of halogens is 2. The number of hydrogen-bond donors (Lipinski definition) is 2. The van der Waals surface area contributed by atoms with Crippen molar-refractivity contribution in [1.82, 2.24) is 4.90 Å². The fourth-order valence-electron chi connectivity index (χ4n) is 2.16. The van der Waals surface area contributed by atoms with Gasteiger partial charge in [-0.1, -0.05) is 6.07 Å². The fourth-order valence-corrected chi connectivity index (χ4v) is 2.16. The van der Waals surface area contributed by atoms with Gasteiger partial charge in [0.25, 0.3) is 5.91 Å². The molecule has 0 fully saturated rings. The summed E-state index contributed by atoms with van der Waals surface area (Å²) in [5, 5.41) is 2.93. The summed E-state index contributed by atoms with van der Waals surface area (Å²) in [5.74, 6) is -2.02. The number of benzene rings is 2.